The molecule has 0 atom stereocenters. The summed E-state index contributed by atoms with van der Waals surface area (Å²) in [5.74, 6) is 0.941. The SMILES string of the molecule is CC1(C)COCCN1c1nc2c(cc1C(N)=S)CCCC2. The molecule has 1 saturated heterocycles. The summed E-state index contributed by atoms with van der Waals surface area (Å²) in [5.41, 5.74) is 9.34. The van der Waals surface area contributed by atoms with E-state index in [1.165, 1.54) is 24.1 Å². The van der Waals surface area contributed by atoms with Crippen LogP contribution in [0.4, 0.5) is 5.82 Å². The second-order valence-electron chi connectivity index (χ2n) is 6.55. The molecule has 0 saturated carbocycles. The van der Waals surface area contributed by atoms with E-state index in [1.807, 2.05) is 0 Å². The van der Waals surface area contributed by atoms with Gasteiger partial charge in [0.25, 0.3) is 0 Å². The lowest BCUT2D eigenvalue weighted by Gasteiger charge is -2.44. The molecule has 3 rings (SSSR count). The maximum absolute atomic E-state index is 5.98. The van der Waals surface area contributed by atoms with E-state index in [0.29, 0.717) is 11.6 Å². The summed E-state index contributed by atoms with van der Waals surface area (Å²) in [6.07, 6.45) is 4.60. The highest BCUT2D eigenvalue weighted by Gasteiger charge is 2.34. The van der Waals surface area contributed by atoms with Crippen molar-refractivity contribution in [1.29, 1.82) is 0 Å². The van der Waals surface area contributed by atoms with Crippen LogP contribution in [-0.2, 0) is 17.6 Å². The van der Waals surface area contributed by atoms with Gasteiger partial charge in [-0.3, -0.25) is 0 Å². The van der Waals surface area contributed by atoms with E-state index in [0.717, 1.165) is 37.4 Å². The average Bonchev–Trinajstić information content (AvgIpc) is 2.45. The van der Waals surface area contributed by atoms with Gasteiger partial charge in [0.15, 0.2) is 0 Å². The molecule has 0 amide bonds. The molecule has 2 heterocycles. The Morgan fingerprint density at radius 2 is 2.14 bits per heavy atom. The number of ether oxygens (including phenoxy) is 1. The maximum Gasteiger partial charge on any atom is 0.139 e. The number of morpholine rings is 1. The van der Waals surface area contributed by atoms with Gasteiger partial charge in [-0.25, -0.2) is 4.98 Å². The smallest absolute Gasteiger partial charge is 0.139 e. The fourth-order valence-corrected chi connectivity index (χ4v) is 3.41. The lowest BCUT2D eigenvalue weighted by Crippen LogP contribution is -2.54. The first-order valence-corrected chi connectivity index (χ1v) is 8.08. The normalized spacial score (nSPS) is 21.0. The number of nitrogens with zero attached hydrogens (tertiary/aromatic N) is 2. The molecule has 1 aliphatic carbocycles. The third-order valence-electron chi connectivity index (χ3n) is 4.45. The van der Waals surface area contributed by atoms with Gasteiger partial charge in [0.05, 0.1) is 24.3 Å². The molecule has 21 heavy (non-hydrogen) atoms. The van der Waals surface area contributed by atoms with Gasteiger partial charge in [-0.05, 0) is 51.2 Å². The molecule has 0 aromatic carbocycles. The van der Waals surface area contributed by atoms with Crippen molar-refractivity contribution >= 4 is 23.0 Å². The maximum atomic E-state index is 5.98. The highest BCUT2D eigenvalue weighted by atomic mass is 32.1. The lowest BCUT2D eigenvalue weighted by molar-refractivity contribution is 0.0638. The number of fused-ring (bicyclic) bond motifs is 1. The van der Waals surface area contributed by atoms with E-state index in [-0.39, 0.29) is 5.54 Å². The average molecular weight is 305 g/mol. The van der Waals surface area contributed by atoms with E-state index >= 15 is 0 Å². The summed E-state index contributed by atoms with van der Waals surface area (Å²) in [6.45, 7) is 6.60. The molecule has 4 nitrogen and oxygen atoms in total. The molecule has 1 aromatic rings. The molecule has 1 aliphatic heterocycles. The topological polar surface area (TPSA) is 51.4 Å². The quantitative estimate of drug-likeness (QED) is 0.849. The summed E-state index contributed by atoms with van der Waals surface area (Å²) in [5, 5.41) is 0. The van der Waals surface area contributed by atoms with Crippen LogP contribution in [0.15, 0.2) is 6.07 Å². The van der Waals surface area contributed by atoms with Gasteiger partial charge >= 0.3 is 0 Å². The minimum atomic E-state index is -0.0896. The van der Waals surface area contributed by atoms with Crippen molar-refractivity contribution in [2.75, 3.05) is 24.7 Å². The van der Waals surface area contributed by atoms with Gasteiger partial charge in [-0.15, -0.1) is 0 Å². The summed E-state index contributed by atoms with van der Waals surface area (Å²) in [6, 6.07) is 2.17. The predicted molar refractivity (Wildman–Crippen MR) is 89.0 cm³/mol. The Labute approximate surface area is 131 Å². The van der Waals surface area contributed by atoms with Gasteiger partial charge in [-0.1, -0.05) is 12.2 Å². The van der Waals surface area contributed by atoms with E-state index in [9.17, 15) is 0 Å². The molecule has 1 aromatic heterocycles. The number of pyridine rings is 1. The second-order valence-corrected chi connectivity index (χ2v) is 6.99. The van der Waals surface area contributed by atoms with Gasteiger partial charge < -0.3 is 15.4 Å². The van der Waals surface area contributed by atoms with Crippen LogP contribution in [-0.4, -0.2) is 35.3 Å². The van der Waals surface area contributed by atoms with Crippen LogP contribution < -0.4 is 10.6 Å². The number of thiocarbonyl (C=S) groups is 1. The lowest BCUT2D eigenvalue weighted by atomic mass is 9.93. The molecule has 0 bridgehead atoms. The first-order valence-electron chi connectivity index (χ1n) is 7.67. The minimum Gasteiger partial charge on any atom is -0.389 e. The zero-order valence-corrected chi connectivity index (χ0v) is 13.6. The Kier molecular flexibility index (Phi) is 3.88. The fourth-order valence-electron chi connectivity index (χ4n) is 3.26. The summed E-state index contributed by atoms with van der Waals surface area (Å²) >= 11 is 5.28. The standard InChI is InChI=1S/C16H23N3OS/c1-16(2)10-20-8-7-19(16)15-12(14(17)21)9-11-5-3-4-6-13(11)18-15/h9H,3-8,10H2,1-2H3,(H2,17,21). The Hall–Kier alpha value is -1.20. The number of hydrogen-bond donors (Lipinski definition) is 1. The van der Waals surface area contributed by atoms with Gasteiger partial charge in [0.1, 0.15) is 10.8 Å². The van der Waals surface area contributed by atoms with Crippen molar-refractivity contribution in [3.05, 3.63) is 22.9 Å². The Bertz CT molecular complexity index is 571. The number of anilines is 1. The number of aryl methyl sites for hydroxylation is 2. The van der Waals surface area contributed by atoms with Crippen LogP contribution in [0.1, 0.15) is 43.5 Å². The monoisotopic (exact) mass is 305 g/mol. The van der Waals surface area contributed by atoms with Crippen molar-refractivity contribution in [1.82, 2.24) is 4.98 Å². The first-order chi connectivity index (χ1) is 9.99. The summed E-state index contributed by atoms with van der Waals surface area (Å²) in [4.78, 5) is 7.70. The molecule has 2 N–H and O–H groups in total. The summed E-state index contributed by atoms with van der Waals surface area (Å²) in [7, 11) is 0. The molecule has 1 fully saturated rings. The van der Waals surface area contributed by atoms with Gasteiger partial charge in [0, 0.05) is 12.2 Å². The number of rotatable bonds is 2. The van der Waals surface area contributed by atoms with Crippen LogP contribution in [0.5, 0.6) is 0 Å². The van der Waals surface area contributed by atoms with Crippen molar-refractivity contribution in [2.24, 2.45) is 5.73 Å². The Morgan fingerprint density at radius 3 is 2.86 bits per heavy atom. The van der Waals surface area contributed by atoms with E-state index in [1.54, 1.807) is 0 Å². The predicted octanol–water partition coefficient (Wildman–Crippen LogP) is 2.21. The van der Waals surface area contributed by atoms with E-state index in [4.69, 9.17) is 27.7 Å². The van der Waals surface area contributed by atoms with Crippen LogP contribution in [0.3, 0.4) is 0 Å². The summed E-state index contributed by atoms with van der Waals surface area (Å²) < 4.78 is 5.62. The molecule has 0 spiro atoms. The second kappa shape index (κ2) is 5.54. The Balaban J connectivity index is 2.09. The molecular weight excluding hydrogens is 282 g/mol. The number of aromatic nitrogens is 1. The molecule has 0 unspecified atom stereocenters. The van der Waals surface area contributed by atoms with Crippen molar-refractivity contribution in [3.63, 3.8) is 0 Å². The van der Waals surface area contributed by atoms with Gasteiger partial charge in [-0.2, -0.15) is 0 Å². The number of nitrogens with two attached hydrogens (primary N) is 1. The highest BCUT2D eigenvalue weighted by molar-refractivity contribution is 7.80. The van der Waals surface area contributed by atoms with Crippen LogP contribution >= 0.6 is 12.2 Å². The van der Waals surface area contributed by atoms with E-state index < -0.39 is 0 Å². The zero-order chi connectivity index (χ0) is 15.0. The molecule has 2 aliphatic rings. The van der Waals surface area contributed by atoms with Crippen molar-refractivity contribution < 1.29 is 4.74 Å². The van der Waals surface area contributed by atoms with Crippen molar-refractivity contribution in [3.8, 4) is 0 Å². The van der Waals surface area contributed by atoms with Crippen LogP contribution in [0, 0.1) is 0 Å². The van der Waals surface area contributed by atoms with E-state index in [2.05, 4.69) is 24.8 Å². The molecule has 5 heteroatoms. The third-order valence-corrected chi connectivity index (χ3v) is 4.67. The molecule has 0 radical (unpaired) electrons. The largest absolute Gasteiger partial charge is 0.389 e. The number of hydrogen-bond acceptors (Lipinski definition) is 4. The molecule has 114 valence electrons. The highest BCUT2D eigenvalue weighted by Crippen LogP contribution is 2.32. The van der Waals surface area contributed by atoms with Gasteiger partial charge in [0.2, 0.25) is 0 Å². The minimum absolute atomic E-state index is 0.0896. The zero-order valence-electron chi connectivity index (χ0n) is 12.8. The fraction of sp³-hybridized carbons (Fsp3) is 0.625. The van der Waals surface area contributed by atoms with Crippen LogP contribution in [0.25, 0.3) is 0 Å². The van der Waals surface area contributed by atoms with Crippen LogP contribution in [0.2, 0.25) is 0 Å². The molecular formula is C16H23N3OS. The first kappa shape index (κ1) is 14.7. The third kappa shape index (κ3) is 2.77. The Morgan fingerprint density at radius 1 is 1.38 bits per heavy atom. The van der Waals surface area contributed by atoms with Crippen molar-refractivity contribution in [2.45, 2.75) is 45.1 Å².